The van der Waals surface area contributed by atoms with E-state index in [1.54, 1.807) is 13.1 Å². The Bertz CT molecular complexity index is 885. The van der Waals surface area contributed by atoms with Gasteiger partial charge in [0.1, 0.15) is 29.2 Å². The highest BCUT2D eigenvalue weighted by Gasteiger charge is 2.25. The molecular formula is C19H21F2N3O3. The van der Waals surface area contributed by atoms with Gasteiger partial charge in [-0.3, -0.25) is 4.79 Å². The SMILES string of the molecule is Cc1cc(OC2CCN(C(=O)Nc3c(F)cccc3F)CC2)cc(=O)n1C. The monoisotopic (exact) mass is 377 g/mol. The zero-order valence-corrected chi connectivity index (χ0v) is 15.2. The highest BCUT2D eigenvalue weighted by Crippen LogP contribution is 2.21. The molecule has 1 saturated heterocycles. The highest BCUT2D eigenvalue weighted by atomic mass is 19.1. The minimum Gasteiger partial charge on any atom is -0.490 e. The number of pyridine rings is 1. The highest BCUT2D eigenvalue weighted by molar-refractivity contribution is 5.89. The van der Waals surface area contributed by atoms with E-state index in [2.05, 4.69) is 5.32 Å². The van der Waals surface area contributed by atoms with Crippen LogP contribution in [0.5, 0.6) is 5.75 Å². The molecule has 2 heterocycles. The Hall–Kier alpha value is -2.90. The summed E-state index contributed by atoms with van der Waals surface area (Å²) in [6.45, 7) is 2.59. The smallest absolute Gasteiger partial charge is 0.322 e. The number of benzene rings is 1. The number of ether oxygens (including phenoxy) is 1. The number of likely N-dealkylation sites (tertiary alicyclic amines) is 1. The number of nitrogens with one attached hydrogen (secondary N) is 1. The molecule has 2 amide bonds. The molecule has 2 aromatic rings. The number of para-hydroxylation sites is 1. The summed E-state index contributed by atoms with van der Waals surface area (Å²) >= 11 is 0. The van der Waals surface area contributed by atoms with Gasteiger partial charge in [-0.05, 0) is 25.1 Å². The third-order valence-electron chi connectivity index (χ3n) is 4.70. The van der Waals surface area contributed by atoms with Crippen LogP contribution in [0.4, 0.5) is 19.3 Å². The molecule has 0 bridgehead atoms. The molecule has 1 aliphatic heterocycles. The van der Waals surface area contributed by atoms with Crippen molar-refractivity contribution in [3.63, 3.8) is 0 Å². The summed E-state index contributed by atoms with van der Waals surface area (Å²) in [4.78, 5) is 25.6. The number of hydrogen-bond donors (Lipinski definition) is 1. The van der Waals surface area contributed by atoms with E-state index in [0.717, 1.165) is 17.8 Å². The third kappa shape index (κ3) is 4.27. The first-order valence-electron chi connectivity index (χ1n) is 8.69. The predicted octanol–water partition coefficient (Wildman–Crippen LogP) is 3.05. The van der Waals surface area contributed by atoms with Crippen LogP contribution in [0.3, 0.4) is 0 Å². The first kappa shape index (κ1) is 18.9. The summed E-state index contributed by atoms with van der Waals surface area (Å²) in [5.41, 5.74) is 0.200. The fourth-order valence-corrected chi connectivity index (χ4v) is 2.98. The van der Waals surface area contributed by atoms with Crippen molar-refractivity contribution in [3.8, 4) is 5.75 Å². The lowest BCUT2D eigenvalue weighted by atomic mass is 10.1. The molecule has 1 N–H and O–H groups in total. The molecule has 0 aliphatic carbocycles. The lowest BCUT2D eigenvalue weighted by Gasteiger charge is -2.32. The summed E-state index contributed by atoms with van der Waals surface area (Å²) in [5, 5.41) is 2.29. The second-order valence-corrected chi connectivity index (χ2v) is 6.56. The van der Waals surface area contributed by atoms with Gasteiger partial charge in [-0.2, -0.15) is 0 Å². The second kappa shape index (κ2) is 7.77. The van der Waals surface area contributed by atoms with Crippen molar-refractivity contribution in [3.05, 3.63) is 58.0 Å². The number of anilines is 1. The maximum absolute atomic E-state index is 13.7. The number of halogens is 2. The third-order valence-corrected chi connectivity index (χ3v) is 4.70. The van der Waals surface area contributed by atoms with Crippen LogP contribution < -0.4 is 15.6 Å². The molecule has 6 nitrogen and oxygen atoms in total. The van der Waals surface area contributed by atoms with Gasteiger partial charge < -0.3 is 19.5 Å². The average Bonchev–Trinajstić information content (AvgIpc) is 2.63. The summed E-state index contributed by atoms with van der Waals surface area (Å²) in [7, 11) is 1.69. The van der Waals surface area contributed by atoms with E-state index in [-0.39, 0.29) is 11.7 Å². The standard InChI is InChI=1S/C19H21F2N3O3/c1-12-10-14(11-17(25)23(12)2)27-13-6-8-24(9-7-13)19(26)22-18-15(20)4-3-5-16(18)21/h3-5,10-11,13H,6-9H2,1-2H3,(H,22,26). The largest absolute Gasteiger partial charge is 0.490 e. The minimum atomic E-state index is -0.817. The number of urea groups is 1. The molecule has 0 spiro atoms. The van der Waals surface area contributed by atoms with Crippen molar-refractivity contribution in [2.75, 3.05) is 18.4 Å². The van der Waals surface area contributed by atoms with E-state index in [1.165, 1.54) is 21.6 Å². The maximum Gasteiger partial charge on any atom is 0.322 e. The molecule has 0 unspecified atom stereocenters. The molecule has 8 heteroatoms. The van der Waals surface area contributed by atoms with Gasteiger partial charge in [0, 0.05) is 44.7 Å². The quantitative estimate of drug-likeness (QED) is 0.894. The molecule has 144 valence electrons. The molecule has 1 fully saturated rings. The molecule has 1 aromatic heterocycles. The number of carbonyl (C=O) groups excluding carboxylic acids is 1. The van der Waals surface area contributed by atoms with Gasteiger partial charge in [0.05, 0.1) is 0 Å². The Morgan fingerprint density at radius 1 is 1.19 bits per heavy atom. The van der Waals surface area contributed by atoms with E-state index < -0.39 is 23.4 Å². The lowest BCUT2D eigenvalue weighted by molar-refractivity contribution is 0.115. The number of rotatable bonds is 3. The molecule has 1 aromatic carbocycles. The molecule has 0 atom stereocenters. The summed E-state index contributed by atoms with van der Waals surface area (Å²) in [6, 6.07) is 6.09. The van der Waals surface area contributed by atoms with Crippen LogP contribution >= 0.6 is 0 Å². The van der Waals surface area contributed by atoms with Crippen LogP contribution in [-0.2, 0) is 7.05 Å². The van der Waals surface area contributed by atoms with E-state index in [1.807, 2.05) is 6.92 Å². The maximum atomic E-state index is 13.7. The Balaban J connectivity index is 1.57. The topological polar surface area (TPSA) is 63.6 Å². The van der Waals surface area contributed by atoms with Crippen molar-refractivity contribution in [2.45, 2.75) is 25.9 Å². The van der Waals surface area contributed by atoms with Gasteiger partial charge in [-0.25, -0.2) is 13.6 Å². The van der Waals surface area contributed by atoms with Crippen LogP contribution in [0, 0.1) is 18.6 Å². The zero-order valence-electron chi connectivity index (χ0n) is 15.2. The number of hydrogen-bond acceptors (Lipinski definition) is 3. The Morgan fingerprint density at radius 3 is 2.41 bits per heavy atom. The van der Waals surface area contributed by atoms with Crippen LogP contribution in [-0.4, -0.2) is 34.7 Å². The van der Waals surface area contributed by atoms with Gasteiger partial charge in [0.15, 0.2) is 0 Å². The van der Waals surface area contributed by atoms with E-state index in [4.69, 9.17) is 4.74 Å². The number of aromatic nitrogens is 1. The van der Waals surface area contributed by atoms with Gasteiger partial charge >= 0.3 is 6.03 Å². The van der Waals surface area contributed by atoms with Gasteiger partial charge in [0.25, 0.3) is 5.56 Å². The molecular weight excluding hydrogens is 356 g/mol. The molecule has 0 radical (unpaired) electrons. The number of piperidine rings is 1. The van der Waals surface area contributed by atoms with E-state index >= 15 is 0 Å². The Morgan fingerprint density at radius 2 is 1.81 bits per heavy atom. The summed E-state index contributed by atoms with van der Waals surface area (Å²) in [6.07, 6.45) is 0.980. The van der Waals surface area contributed by atoms with Crippen LogP contribution in [0.15, 0.2) is 35.1 Å². The van der Waals surface area contributed by atoms with Crippen molar-refractivity contribution >= 4 is 11.7 Å². The number of amides is 2. The number of nitrogens with zero attached hydrogens (tertiary/aromatic N) is 2. The second-order valence-electron chi connectivity index (χ2n) is 6.56. The van der Waals surface area contributed by atoms with Crippen molar-refractivity contribution in [1.29, 1.82) is 0 Å². The van der Waals surface area contributed by atoms with Gasteiger partial charge in [-0.15, -0.1) is 0 Å². The lowest BCUT2D eigenvalue weighted by Crippen LogP contribution is -2.44. The number of carbonyl (C=O) groups is 1. The fourth-order valence-electron chi connectivity index (χ4n) is 2.98. The van der Waals surface area contributed by atoms with Gasteiger partial charge in [0.2, 0.25) is 0 Å². The number of aryl methyl sites for hydroxylation is 1. The zero-order chi connectivity index (χ0) is 19.6. The first-order valence-corrected chi connectivity index (χ1v) is 8.69. The average molecular weight is 377 g/mol. The Labute approximate surface area is 155 Å². The molecule has 0 saturated carbocycles. The van der Waals surface area contributed by atoms with E-state index in [0.29, 0.717) is 31.7 Å². The van der Waals surface area contributed by atoms with Crippen molar-refractivity contribution in [2.24, 2.45) is 7.05 Å². The van der Waals surface area contributed by atoms with Crippen LogP contribution in [0.1, 0.15) is 18.5 Å². The van der Waals surface area contributed by atoms with Crippen LogP contribution in [0.2, 0.25) is 0 Å². The Kier molecular flexibility index (Phi) is 5.43. The summed E-state index contributed by atoms with van der Waals surface area (Å²) in [5.74, 6) is -1.13. The molecule has 27 heavy (non-hydrogen) atoms. The fraction of sp³-hybridized carbons (Fsp3) is 0.368. The first-order chi connectivity index (χ1) is 12.8. The molecule has 1 aliphatic rings. The normalized spacial score (nSPS) is 14.9. The predicted molar refractivity (Wildman–Crippen MR) is 97.0 cm³/mol. The minimum absolute atomic E-state index is 0.134. The van der Waals surface area contributed by atoms with Crippen molar-refractivity contribution in [1.82, 2.24) is 9.47 Å². The van der Waals surface area contributed by atoms with E-state index in [9.17, 15) is 18.4 Å². The molecule has 3 rings (SSSR count). The summed E-state index contributed by atoms with van der Waals surface area (Å²) < 4.78 is 34.7. The van der Waals surface area contributed by atoms with Gasteiger partial charge in [-0.1, -0.05) is 6.07 Å². The van der Waals surface area contributed by atoms with Crippen molar-refractivity contribution < 1.29 is 18.3 Å². The van der Waals surface area contributed by atoms with Crippen LogP contribution in [0.25, 0.3) is 0 Å².